The van der Waals surface area contributed by atoms with Gasteiger partial charge >= 0.3 is 5.97 Å². The zero-order valence-corrected chi connectivity index (χ0v) is 17.4. The molecule has 1 aliphatic heterocycles. The van der Waals surface area contributed by atoms with Crippen LogP contribution in [0.2, 0.25) is 0 Å². The Balaban J connectivity index is 1.25. The van der Waals surface area contributed by atoms with Gasteiger partial charge in [0.1, 0.15) is 5.75 Å². The van der Waals surface area contributed by atoms with Crippen LogP contribution in [0.1, 0.15) is 34.1 Å². The first-order chi connectivity index (χ1) is 15.4. The van der Waals surface area contributed by atoms with Crippen LogP contribution in [0, 0.1) is 35.5 Å². The first kappa shape index (κ1) is 19.2. The summed E-state index contributed by atoms with van der Waals surface area (Å²) in [6, 6.07) is 12.8. The fourth-order valence-corrected chi connectivity index (χ4v) is 5.91. The predicted octanol–water partition coefficient (Wildman–Crippen LogP) is 3.67. The van der Waals surface area contributed by atoms with E-state index >= 15 is 0 Å². The maximum Gasteiger partial charge on any atom is 0.343 e. The zero-order valence-electron chi connectivity index (χ0n) is 17.4. The van der Waals surface area contributed by atoms with Gasteiger partial charge in [0.25, 0.3) is 0 Å². The topological polar surface area (TPSA) is 80.8 Å². The van der Waals surface area contributed by atoms with Gasteiger partial charge in [0.15, 0.2) is 5.78 Å². The number of hydrogen-bond donors (Lipinski definition) is 0. The van der Waals surface area contributed by atoms with Crippen molar-refractivity contribution in [3.63, 3.8) is 0 Å². The van der Waals surface area contributed by atoms with Crippen molar-refractivity contribution in [1.29, 1.82) is 0 Å². The smallest absolute Gasteiger partial charge is 0.343 e. The lowest BCUT2D eigenvalue weighted by Gasteiger charge is -2.37. The third-order valence-corrected chi connectivity index (χ3v) is 7.47. The molecular formula is C26H21NO5. The predicted molar refractivity (Wildman–Crippen MR) is 115 cm³/mol. The molecule has 2 aromatic carbocycles. The number of carbonyl (C=O) groups is 4. The van der Waals surface area contributed by atoms with Gasteiger partial charge in [-0.25, -0.2) is 9.69 Å². The molecule has 2 aromatic rings. The number of esters is 1. The monoisotopic (exact) mass is 427 g/mol. The molecule has 7 rings (SSSR count). The van der Waals surface area contributed by atoms with Crippen molar-refractivity contribution in [3.05, 3.63) is 71.8 Å². The van der Waals surface area contributed by atoms with Gasteiger partial charge in [-0.1, -0.05) is 18.2 Å². The number of carbonyl (C=O) groups excluding carboxylic acids is 4. The summed E-state index contributed by atoms with van der Waals surface area (Å²) in [6.45, 7) is 1.47. The van der Waals surface area contributed by atoms with Crippen LogP contribution in [0.15, 0.2) is 60.7 Å². The van der Waals surface area contributed by atoms with Crippen LogP contribution in [0.3, 0.4) is 0 Å². The summed E-state index contributed by atoms with van der Waals surface area (Å²) in [7, 11) is 0. The SMILES string of the molecule is CC(=O)c1ccc(OC(=O)c2cccc(N3C(=O)[C@@H]4[C@H]5C=C[C@H]([C@H]6C[C@H]56)[C@@H]4C3=O)c2)cc1. The fraction of sp³-hybridized carbons (Fsp3) is 0.308. The third kappa shape index (κ3) is 2.72. The van der Waals surface area contributed by atoms with Crippen LogP contribution in [0.25, 0.3) is 0 Å². The van der Waals surface area contributed by atoms with Crippen molar-refractivity contribution in [2.75, 3.05) is 4.90 Å². The first-order valence-corrected chi connectivity index (χ1v) is 10.9. The molecule has 5 aliphatic rings. The molecule has 1 heterocycles. The van der Waals surface area contributed by atoms with Gasteiger partial charge in [-0.15, -0.1) is 0 Å². The number of anilines is 1. The molecular weight excluding hydrogens is 406 g/mol. The van der Waals surface area contributed by atoms with Crippen molar-refractivity contribution in [1.82, 2.24) is 0 Å². The largest absolute Gasteiger partial charge is 0.423 e. The summed E-state index contributed by atoms with van der Waals surface area (Å²) in [5.74, 6) is 0.159. The molecule has 0 aromatic heterocycles. The Labute approximate surface area is 184 Å². The van der Waals surface area contributed by atoms with Crippen LogP contribution in [0.4, 0.5) is 5.69 Å². The molecule has 0 unspecified atom stereocenters. The number of Topliss-reactive ketones (excluding diaryl/α,β-unsaturated/α-hetero) is 1. The van der Waals surface area contributed by atoms with Crippen molar-refractivity contribution < 1.29 is 23.9 Å². The van der Waals surface area contributed by atoms with E-state index in [9.17, 15) is 19.2 Å². The van der Waals surface area contributed by atoms with E-state index in [1.165, 1.54) is 17.9 Å². The third-order valence-electron chi connectivity index (χ3n) is 7.47. The Bertz CT molecular complexity index is 1180. The Hall–Kier alpha value is -3.54. The summed E-state index contributed by atoms with van der Waals surface area (Å²) in [4.78, 5) is 51.9. The minimum absolute atomic E-state index is 0.0722. The number of rotatable bonds is 4. The highest BCUT2D eigenvalue weighted by molar-refractivity contribution is 6.23. The summed E-state index contributed by atoms with van der Waals surface area (Å²) in [6.07, 6.45) is 5.39. The standard InChI is InChI=1S/C26H21NO5/c1-13(28)14-5-7-17(8-6-14)32-26(31)15-3-2-4-16(11-15)27-24(29)22-18-9-10-19(21-12-20(18)21)23(22)25(27)30/h2-11,18-23H,12H2,1H3/t18-,19+,20-,21-,22+,23-/m1/s1. The van der Waals surface area contributed by atoms with E-state index in [0.29, 0.717) is 28.8 Å². The van der Waals surface area contributed by atoms with Crippen molar-refractivity contribution in [2.24, 2.45) is 35.5 Å². The highest BCUT2D eigenvalue weighted by Gasteiger charge is 2.67. The highest BCUT2D eigenvalue weighted by atomic mass is 16.5. The molecule has 6 nitrogen and oxygen atoms in total. The zero-order chi connectivity index (χ0) is 22.1. The highest BCUT2D eigenvalue weighted by Crippen LogP contribution is 2.65. The molecule has 2 amide bonds. The molecule has 4 aliphatic carbocycles. The van der Waals surface area contributed by atoms with E-state index < -0.39 is 5.97 Å². The van der Waals surface area contributed by atoms with E-state index in [0.717, 1.165) is 6.42 Å². The number of benzene rings is 2. The van der Waals surface area contributed by atoms with Crippen molar-refractivity contribution in [2.45, 2.75) is 13.3 Å². The Morgan fingerprint density at radius 3 is 2.09 bits per heavy atom. The molecule has 2 saturated carbocycles. The lowest BCUT2D eigenvalue weighted by Crippen LogP contribution is -2.40. The summed E-state index contributed by atoms with van der Waals surface area (Å²) in [5, 5.41) is 0. The van der Waals surface area contributed by atoms with E-state index in [1.54, 1.807) is 42.5 Å². The molecule has 6 atom stereocenters. The van der Waals surface area contributed by atoms with Crippen LogP contribution >= 0.6 is 0 Å². The second kappa shape index (κ2) is 6.73. The quantitative estimate of drug-likeness (QED) is 0.245. The number of amides is 2. The van der Waals surface area contributed by atoms with Crippen LogP contribution in [-0.2, 0) is 9.59 Å². The average molecular weight is 427 g/mol. The maximum absolute atomic E-state index is 13.3. The van der Waals surface area contributed by atoms with Gasteiger partial charge in [-0.05, 0) is 79.5 Å². The molecule has 160 valence electrons. The van der Waals surface area contributed by atoms with Crippen molar-refractivity contribution >= 4 is 29.3 Å². The van der Waals surface area contributed by atoms with Gasteiger partial charge in [0, 0.05) is 5.56 Å². The molecule has 0 spiro atoms. The van der Waals surface area contributed by atoms with E-state index in [4.69, 9.17) is 4.74 Å². The number of ether oxygens (including phenoxy) is 1. The maximum atomic E-state index is 13.3. The normalized spacial score (nSPS) is 31.3. The summed E-state index contributed by atoms with van der Waals surface area (Å²) in [5.41, 5.74) is 1.18. The number of imide groups is 1. The average Bonchev–Trinajstić information content (AvgIpc) is 3.57. The van der Waals surface area contributed by atoms with Crippen LogP contribution in [0.5, 0.6) is 5.75 Å². The summed E-state index contributed by atoms with van der Waals surface area (Å²) < 4.78 is 5.42. The molecule has 32 heavy (non-hydrogen) atoms. The number of allylic oxidation sites excluding steroid dienone is 2. The minimum atomic E-state index is -0.595. The summed E-state index contributed by atoms with van der Waals surface area (Å²) >= 11 is 0. The van der Waals surface area contributed by atoms with Gasteiger partial charge in [-0.3, -0.25) is 14.4 Å². The lowest BCUT2D eigenvalue weighted by molar-refractivity contribution is -0.124. The van der Waals surface area contributed by atoms with Gasteiger partial charge in [0.05, 0.1) is 23.1 Å². The molecule has 2 bridgehead atoms. The molecule has 0 N–H and O–H groups in total. The van der Waals surface area contributed by atoms with Gasteiger partial charge < -0.3 is 4.74 Å². The van der Waals surface area contributed by atoms with Gasteiger partial charge in [-0.2, -0.15) is 0 Å². The molecule has 0 radical (unpaired) electrons. The lowest BCUT2D eigenvalue weighted by atomic mass is 9.63. The number of hydrogen-bond acceptors (Lipinski definition) is 5. The molecule has 1 saturated heterocycles. The molecule has 6 heteroatoms. The van der Waals surface area contributed by atoms with E-state index in [1.807, 2.05) is 0 Å². The first-order valence-electron chi connectivity index (χ1n) is 10.9. The molecule has 3 fully saturated rings. The fourth-order valence-electron chi connectivity index (χ4n) is 5.91. The van der Waals surface area contributed by atoms with Gasteiger partial charge in [0.2, 0.25) is 11.8 Å². The van der Waals surface area contributed by atoms with Crippen molar-refractivity contribution in [3.8, 4) is 5.75 Å². The van der Waals surface area contributed by atoms with E-state index in [2.05, 4.69) is 12.2 Å². The Morgan fingerprint density at radius 1 is 0.875 bits per heavy atom. The minimum Gasteiger partial charge on any atom is -0.423 e. The number of nitrogens with zero attached hydrogens (tertiary/aromatic N) is 1. The van der Waals surface area contributed by atoms with E-state index in [-0.39, 0.29) is 46.8 Å². The second-order valence-electron chi connectivity index (χ2n) is 9.19. The van der Waals surface area contributed by atoms with Crippen LogP contribution < -0.4 is 9.64 Å². The van der Waals surface area contributed by atoms with Crippen LogP contribution in [-0.4, -0.2) is 23.6 Å². The number of ketones is 1. The second-order valence-corrected chi connectivity index (χ2v) is 9.19. The Kier molecular flexibility index (Phi) is 4.03. The Morgan fingerprint density at radius 2 is 1.50 bits per heavy atom.